The minimum atomic E-state index is -3.26. The van der Waals surface area contributed by atoms with Gasteiger partial charge in [-0.25, -0.2) is 23.2 Å². The van der Waals surface area contributed by atoms with Gasteiger partial charge in [0.2, 0.25) is 0 Å². The lowest BCUT2D eigenvalue weighted by Gasteiger charge is -2.28. The van der Waals surface area contributed by atoms with Gasteiger partial charge in [0, 0.05) is 43.2 Å². The molecule has 1 atom stereocenters. The average molecular weight is 513 g/mol. The highest BCUT2D eigenvalue weighted by Gasteiger charge is 2.20. The second kappa shape index (κ2) is 11.1. The van der Waals surface area contributed by atoms with E-state index in [-0.39, 0.29) is 17.3 Å². The Labute approximate surface area is 211 Å². The van der Waals surface area contributed by atoms with Gasteiger partial charge in [0.05, 0.1) is 30.2 Å². The number of amides is 2. The van der Waals surface area contributed by atoms with E-state index < -0.39 is 9.84 Å². The second-order valence-electron chi connectivity index (χ2n) is 9.20. The summed E-state index contributed by atoms with van der Waals surface area (Å²) in [5, 5.41) is 9.00. The van der Waals surface area contributed by atoms with Crippen LogP contribution in [0.3, 0.4) is 0 Å². The number of dihydropyridines is 1. The van der Waals surface area contributed by atoms with Crippen molar-refractivity contribution in [3.8, 4) is 11.4 Å². The van der Waals surface area contributed by atoms with Crippen molar-refractivity contribution in [2.75, 3.05) is 49.3 Å². The molecule has 4 rings (SSSR count). The maximum Gasteiger partial charge on any atom is 0.319 e. The average Bonchev–Trinajstić information content (AvgIpc) is 2.84. The predicted molar refractivity (Wildman–Crippen MR) is 141 cm³/mol. The van der Waals surface area contributed by atoms with Gasteiger partial charge >= 0.3 is 6.03 Å². The Morgan fingerprint density at radius 3 is 2.58 bits per heavy atom. The zero-order chi connectivity index (χ0) is 25.6. The van der Waals surface area contributed by atoms with Crippen LogP contribution in [0, 0.1) is 0 Å². The molecule has 1 unspecified atom stereocenters. The molecule has 3 N–H and O–H groups in total. The zero-order valence-electron chi connectivity index (χ0n) is 20.5. The zero-order valence-corrected chi connectivity index (χ0v) is 21.3. The summed E-state index contributed by atoms with van der Waals surface area (Å²) >= 11 is 0. The van der Waals surface area contributed by atoms with Crippen LogP contribution < -0.4 is 20.9 Å². The number of nitrogens with zero attached hydrogens (tertiary/aromatic N) is 3. The topological polar surface area (TPSA) is 126 Å². The van der Waals surface area contributed by atoms with Crippen molar-refractivity contribution in [3.05, 3.63) is 60.5 Å². The molecule has 3 heterocycles. The molecule has 36 heavy (non-hydrogen) atoms. The number of ether oxygens (including phenoxy) is 1. The molecule has 2 aliphatic heterocycles. The van der Waals surface area contributed by atoms with Gasteiger partial charge in [-0.05, 0) is 49.9 Å². The third-order valence-electron chi connectivity index (χ3n) is 5.93. The number of aromatic nitrogens is 2. The molecule has 2 amide bonds. The number of carbonyl (C=O) groups is 1. The highest BCUT2D eigenvalue weighted by molar-refractivity contribution is 7.89. The molecule has 1 fully saturated rings. The van der Waals surface area contributed by atoms with Gasteiger partial charge in [-0.15, -0.1) is 0 Å². The van der Waals surface area contributed by atoms with Crippen LogP contribution in [0.4, 0.5) is 16.3 Å². The van der Waals surface area contributed by atoms with Gasteiger partial charge in [-0.3, -0.25) is 0 Å². The van der Waals surface area contributed by atoms with E-state index in [0.29, 0.717) is 55.9 Å². The first-order valence-corrected chi connectivity index (χ1v) is 13.9. The molecular formula is C25H32N6O4S. The number of nitrogens with one attached hydrogen (secondary N) is 3. The monoisotopic (exact) mass is 512 g/mol. The maximum atomic E-state index is 12.3. The number of anilines is 2. The fourth-order valence-corrected chi connectivity index (χ4v) is 4.67. The van der Waals surface area contributed by atoms with Crippen LogP contribution in [-0.4, -0.2) is 69.1 Å². The summed E-state index contributed by atoms with van der Waals surface area (Å²) in [4.78, 5) is 23.6. The molecule has 1 saturated heterocycles. The summed E-state index contributed by atoms with van der Waals surface area (Å²) in [5.41, 5.74) is 1.61. The Kier molecular flexibility index (Phi) is 7.90. The first-order chi connectivity index (χ1) is 17.2. The van der Waals surface area contributed by atoms with Gasteiger partial charge in [-0.2, -0.15) is 0 Å². The fraction of sp³-hybridized carbons (Fsp3) is 0.400. The largest absolute Gasteiger partial charge is 0.382 e. The number of carbonyl (C=O) groups excluding carboxylic acids is 1. The first-order valence-electron chi connectivity index (χ1n) is 11.8. The van der Waals surface area contributed by atoms with E-state index in [0.717, 1.165) is 12.0 Å². The van der Waals surface area contributed by atoms with E-state index in [2.05, 4.69) is 43.8 Å². The van der Waals surface area contributed by atoms with Gasteiger partial charge in [-0.1, -0.05) is 12.2 Å². The smallest absolute Gasteiger partial charge is 0.319 e. The molecule has 10 nitrogen and oxygen atoms in total. The molecule has 2 aliphatic rings. The van der Waals surface area contributed by atoms with Crippen molar-refractivity contribution in [2.45, 2.75) is 24.6 Å². The van der Waals surface area contributed by atoms with Gasteiger partial charge in [0.25, 0.3) is 0 Å². The number of benzene rings is 1. The SMILES string of the molecule is CC1(CCNC(=O)Nc2ccc(-c3nc(CS(C)(=O)=O)cc(N4CCOCC4)n3)cc2)C=CC=CN1. The van der Waals surface area contributed by atoms with Crippen LogP contribution in [0.25, 0.3) is 11.4 Å². The van der Waals surface area contributed by atoms with Crippen LogP contribution in [-0.2, 0) is 20.3 Å². The Hall–Kier alpha value is -3.44. The normalized spacial score (nSPS) is 19.6. The molecule has 11 heteroatoms. The number of urea groups is 1. The summed E-state index contributed by atoms with van der Waals surface area (Å²) < 4.78 is 29.3. The minimum absolute atomic E-state index is 0.166. The summed E-state index contributed by atoms with van der Waals surface area (Å²) in [7, 11) is -3.26. The van der Waals surface area contributed by atoms with Crippen LogP contribution >= 0.6 is 0 Å². The number of morpholine rings is 1. The molecule has 0 radical (unpaired) electrons. The lowest BCUT2D eigenvalue weighted by Crippen LogP contribution is -2.42. The van der Waals surface area contributed by atoms with E-state index in [4.69, 9.17) is 4.74 Å². The second-order valence-corrected chi connectivity index (χ2v) is 11.3. The molecule has 192 valence electrons. The Bertz CT molecular complexity index is 1240. The number of hydrogen-bond acceptors (Lipinski definition) is 8. The van der Waals surface area contributed by atoms with Gasteiger partial charge in [0.15, 0.2) is 15.7 Å². The summed E-state index contributed by atoms with van der Waals surface area (Å²) in [5.74, 6) is 0.944. The van der Waals surface area contributed by atoms with Crippen molar-refractivity contribution in [2.24, 2.45) is 0 Å². The summed E-state index contributed by atoms with van der Waals surface area (Å²) in [6.45, 7) is 5.11. The van der Waals surface area contributed by atoms with E-state index in [9.17, 15) is 13.2 Å². The summed E-state index contributed by atoms with van der Waals surface area (Å²) in [6.07, 6.45) is 9.82. The molecule has 0 saturated carbocycles. The molecular weight excluding hydrogens is 480 g/mol. The van der Waals surface area contributed by atoms with E-state index in [1.165, 1.54) is 6.26 Å². The van der Waals surface area contributed by atoms with Crippen molar-refractivity contribution >= 4 is 27.4 Å². The number of allylic oxidation sites excluding steroid dienone is 2. The molecule has 1 aromatic heterocycles. The van der Waals surface area contributed by atoms with Gasteiger partial charge in [0.1, 0.15) is 5.82 Å². The third-order valence-corrected chi connectivity index (χ3v) is 6.75. The molecule has 2 aromatic rings. The van der Waals surface area contributed by atoms with Crippen molar-refractivity contribution < 1.29 is 17.9 Å². The van der Waals surface area contributed by atoms with Crippen LogP contribution in [0.1, 0.15) is 19.0 Å². The van der Waals surface area contributed by atoms with Crippen molar-refractivity contribution in [1.29, 1.82) is 0 Å². The van der Waals surface area contributed by atoms with E-state index in [1.54, 1.807) is 18.2 Å². The van der Waals surface area contributed by atoms with E-state index in [1.807, 2.05) is 30.5 Å². The van der Waals surface area contributed by atoms with Crippen molar-refractivity contribution in [3.63, 3.8) is 0 Å². The number of rotatable bonds is 8. The Balaban J connectivity index is 1.42. The predicted octanol–water partition coefficient (Wildman–Crippen LogP) is 2.47. The highest BCUT2D eigenvalue weighted by atomic mass is 32.2. The highest BCUT2D eigenvalue weighted by Crippen LogP contribution is 2.23. The van der Waals surface area contributed by atoms with Crippen molar-refractivity contribution in [1.82, 2.24) is 20.6 Å². The Morgan fingerprint density at radius 1 is 1.17 bits per heavy atom. The maximum absolute atomic E-state index is 12.3. The van der Waals surface area contributed by atoms with Crippen LogP contribution in [0.2, 0.25) is 0 Å². The van der Waals surface area contributed by atoms with Crippen LogP contribution in [0.15, 0.2) is 54.8 Å². The quantitative estimate of drug-likeness (QED) is 0.493. The number of hydrogen-bond donors (Lipinski definition) is 3. The lowest BCUT2D eigenvalue weighted by molar-refractivity contribution is 0.122. The Morgan fingerprint density at radius 2 is 1.92 bits per heavy atom. The number of sulfone groups is 1. The van der Waals surface area contributed by atoms with E-state index >= 15 is 0 Å². The molecule has 0 spiro atoms. The standard InChI is InChI=1S/C25H32N6O4S/c1-25(9-3-4-11-27-25)10-12-26-24(32)29-20-7-5-19(6-8-20)23-28-21(18-36(2,33)34)17-22(30-23)31-13-15-35-16-14-31/h3-9,11,17,27H,10,12-16,18H2,1-2H3,(H2,26,29,32). The van der Waals surface area contributed by atoms with Crippen LogP contribution in [0.5, 0.6) is 0 Å². The first kappa shape index (κ1) is 25.6. The minimum Gasteiger partial charge on any atom is -0.382 e. The third kappa shape index (κ3) is 7.28. The van der Waals surface area contributed by atoms with Gasteiger partial charge < -0.3 is 25.6 Å². The fourth-order valence-electron chi connectivity index (χ4n) is 3.99. The summed E-state index contributed by atoms with van der Waals surface area (Å²) in [6, 6.07) is 8.60. The molecule has 0 bridgehead atoms. The molecule has 0 aliphatic carbocycles. The lowest BCUT2D eigenvalue weighted by atomic mass is 9.96. The molecule has 1 aromatic carbocycles.